The van der Waals surface area contributed by atoms with Crippen molar-refractivity contribution in [2.75, 3.05) is 11.6 Å². The third kappa shape index (κ3) is 5.15. The summed E-state index contributed by atoms with van der Waals surface area (Å²) in [4.78, 5) is 11.8. The largest absolute Gasteiger partial charge is 0.459 e. The summed E-state index contributed by atoms with van der Waals surface area (Å²) >= 11 is 0. The summed E-state index contributed by atoms with van der Waals surface area (Å²) in [5.74, 6) is -0.215. The van der Waals surface area contributed by atoms with E-state index < -0.39 is 25.8 Å². The lowest BCUT2D eigenvalue weighted by Crippen LogP contribution is -2.24. The number of benzene rings is 2. The number of rotatable bonds is 7. The molecular weight excluding hydrogens is 428 g/mol. The zero-order valence-corrected chi connectivity index (χ0v) is 17.9. The zero-order chi connectivity index (χ0) is 21.9. The normalized spacial score (nSPS) is 11.9. The number of amides is 1. The van der Waals surface area contributed by atoms with Gasteiger partial charge in [-0.1, -0.05) is 18.2 Å². The number of hydrogen-bond donors (Lipinski definition) is 2. The van der Waals surface area contributed by atoms with Gasteiger partial charge in [0, 0.05) is 18.5 Å². The second-order valence-corrected chi connectivity index (χ2v) is 10.4. The van der Waals surface area contributed by atoms with Crippen LogP contribution in [0.1, 0.15) is 21.7 Å². The van der Waals surface area contributed by atoms with Gasteiger partial charge in [0.2, 0.25) is 10.0 Å². The highest BCUT2D eigenvalue weighted by Gasteiger charge is 2.19. The van der Waals surface area contributed by atoms with Crippen molar-refractivity contribution in [3.63, 3.8) is 0 Å². The van der Waals surface area contributed by atoms with Gasteiger partial charge in [-0.15, -0.1) is 0 Å². The Kier molecular flexibility index (Phi) is 6.11. The molecular formula is C20H20N2O6S2. The van der Waals surface area contributed by atoms with Gasteiger partial charge in [-0.25, -0.2) is 21.6 Å². The molecule has 0 radical (unpaired) electrons. The summed E-state index contributed by atoms with van der Waals surface area (Å²) in [6.07, 6.45) is 2.42. The SMILES string of the molecule is Cc1ccc(S(C)(=O)=O)cc1S(=O)(=O)NCc1ccc(NC(=O)c2ccco2)cc1. The van der Waals surface area contributed by atoms with Crippen LogP contribution < -0.4 is 10.0 Å². The van der Waals surface area contributed by atoms with E-state index in [0.29, 0.717) is 16.8 Å². The van der Waals surface area contributed by atoms with Crippen LogP contribution in [0.4, 0.5) is 5.69 Å². The molecule has 1 amide bonds. The average Bonchev–Trinajstić information content (AvgIpc) is 3.22. The third-order valence-corrected chi connectivity index (χ3v) is 6.95. The van der Waals surface area contributed by atoms with Gasteiger partial charge in [-0.3, -0.25) is 4.79 Å². The minimum absolute atomic E-state index is 0.00269. The molecule has 1 aromatic heterocycles. The summed E-state index contributed by atoms with van der Waals surface area (Å²) < 4.78 is 56.3. The quantitative estimate of drug-likeness (QED) is 0.573. The number of aryl methyl sites for hydroxylation is 1. The third-order valence-electron chi connectivity index (χ3n) is 4.30. The van der Waals surface area contributed by atoms with E-state index in [1.807, 2.05) is 0 Å². The second-order valence-electron chi connectivity index (χ2n) is 6.65. The Balaban J connectivity index is 1.70. The number of nitrogens with one attached hydrogen (secondary N) is 2. The molecule has 0 spiro atoms. The number of sulfonamides is 1. The van der Waals surface area contributed by atoms with Crippen LogP contribution in [0, 0.1) is 6.92 Å². The van der Waals surface area contributed by atoms with E-state index in [-0.39, 0.29) is 22.1 Å². The predicted molar refractivity (Wildman–Crippen MR) is 111 cm³/mol. The van der Waals surface area contributed by atoms with Gasteiger partial charge in [0.05, 0.1) is 16.1 Å². The van der Waals surface area contributed by atoms with Crippen molar-refractivity contribution < 1.29 is 26.0 Å². The summed E-state index contributed by atoms with van der Waals surface area (Å²) in [6, 6.07) is 13.7. The minimum Gasteiger partial charge on any atom is -0.459 e. The lowest BCUT2D eigenvalue weighted by Gasteiger charge is -2.11. The van der Waals surface area contributed by atoms with Crippen LogP contribution in [0.25, 0.3) is 0 Å². The molecule has 8 nitrogen and oxygen atoms in total. The number of anilines is 1. The molecule has 0 atom stereocenters. The molecule has 0 saturated carbocycles. The molecule has 0 aliphatic heterocycles. The summed E-state index contributed by atoms with van der Waals surface area (Å²) in [7, 11) is -7.46. The van der Waals surface area contributed by atoms with Gasteiger partial charge in [0.15, 0.2) is 15.6 Å². The van der Waals surface area contributed by atoms with Crippen molar-refractivity contribution in [2.45, 2.75) is 23.3 Å². The van der Waals surface area contributed by atoms with E-state index in [4.69, 9.17) is 4.42 Å². The van der Waals surface area contributed by atoms with Crippen molar-refractivity contribution in [2.24, 2.45) is 0 Å². The second kappa shape index (κ2) is 8.42. The van der Waals surface area contributed by atoms with Gasteiger partial charge >= 0.3 is 0 Å². The number of carbonyl (C=O) groups excluding carboxylic acids is 1. The Morgan fingerprint density at radius 3 is 2.30 bits per heavy atom. The molecule has 1 heterocycles. The fourth-order valence-electron chi connectivity index (χ4n) is 2.66. The molecule has 0 fully saturated rings. The number of sulfone groups is 1. The van der Waals surface area contributed by atoms with Gasteiger partial charge in [-0.2, -0.15) is 0 Å². The lowest BCUT2D eigenvalue weighted by molar-refractivity contribution is 0.0996. The van der Waals surface area contributed by atoms with Crippen LogP contribution >= 0.6 is 0 Å². The standard InChI is InChI=1S/C20H20N2O6S2/c1-14-5-10-17(29(2,24)25)12-19(14)30(26,27)21-13-15-6-8-16(9-7-15)22-20(23)18-4-3-11-28-18/h3-12,21H,13H2,1-2H3,(H,22,23). The van der Waals surface area contributed by atoms with Crippen molar-refractivity contribution in [3.05, 3.63) is 77.7 Å². The molecule has 0 aliphatic carbocycles. The average molecular weight is 449 g/mol. The predicted octanol–water partition coefficient (Wildman–Crippen LogP) is 2.72. The highest BCUT2D eigenvalue weighted by molar-refractivity contribution is 7.91. The van der Waals surface area contributed by atoms with E-state index in [1.165, 1.54) is 18.4 Å². The van der Waals surface area contributed by atoms with E-state index in [9.17, 15) is 21.6 Å². The smallest absolute Gasteiger partial charge is 0.291 e. The molecule has 3 aromatic rings. The molecule has 3 rings (SSSR count). The highest BCUT2D eigenvalue weighted by atomic mass is 32.2. The van der Waals surface area contributed by atoms with Gasteiger partial charge in [0.25, 0.3) is 5.91 Å². The van der Waals surface area contributed by atoms with Crippen molar-refractivity contribution >= 4 is 31.5 Å². The van der Waals surface area contributed by atoms with Gasteiger partial charge in [0.1, 0.15) is 0 Å². The molecule has 158 valence electrons. The highest BCUT2D eigenvalue weighted by Crippen LogP contribution is 2.20. The van der Waals surface area contributed by atoms with Crippen molar-refractivity contribution in [1.29, 1.82) is 0 Å². The number of hydrogen-bond acceptors (Lipinski definition) is 6. The van der Waals surface area contributed by atoms with Gasteiger partial charge in [-0.05, 0) is 54.4 Å². The van der Waals surface area contributed by atoms with Crippen molar-refractivity contribution in [1.82, 2.24) is 4.72 Å². The molecule has 0 bridgehead atoms. The molecule has 30 heavy (non-hydrogen) atoms. The van der Waals surface area contributed by atoms with Crippen LogP contribution in [-0.4, -0.2) is 29.0 Å². The Bertz CT molecular complexity index is 1260. The number of furan rings is 1. The Labute approximate surface area is 174 Å². The minimum atomic E-state index is -3.93. The first-order valence-corrected chi connectivity index (χ1v) is 12.2. The van der Waals surface area contributed by atoms with Crippen LogP contribution in [0.15, 0.2) is 75.1 Å². The topological polar surface area (TPSA) is 123 Å². The molecule has 0 aliphatic rings. The summed E-state index contributed by atoms with van der Waals surface area (Å²) in [5, 5.41) is 2.67. The molecule has 10 heteroatoms. The Morgan fingerprint density at radius 2 is 1.70 bits per heavy atom. The Morgan fingerprint density at radius 1 is 1.00 bits per heavy atom. The van der Waals surface area contributed by atoms with E-state index >= 15 is 0 Å². The van der Waals surface area contributed by atoms with Crippen LogP contribution in [-0.2, 0) is 26.4 Å². The van der Waals surface area contributed by atoms with Crippen LogP contribution in [0.5, 0.6) is 0 Å². The van der Waals surface area contributed by atoms with Crippen LogP contribution in [0.3, 0.4) is 0 Å². The van der Waals surface area contributed by atoms with E-state index in [1.54, 1.807) is 43.3 Å². The first-order chi connectivity index (χ1) is 14.1. The summed E-state index contributed by atoms with van der Waals surface area (Å²) in [5.41, 5.74) is 1.62. The molecule has 0 unspecified atom stereocenters. The molecule has 0 saturated heterocycles. The maximum Gasteiger partial charge on any atom is 0.291 e. The summed E-state index contributed by atoms with van der Waals surface area (Å²) in [6.45, 7) is 1.59. The van der Waals surface area contributed by atoms with Crippen LogP contribution in [0.2, 0.25) is 0 Å². The maximum absolute atomic E-state index is 12.7. The van der Waals surface area contributed by atoms with Crippen molar-refractivity contribution in [3.8, 4) is 0 Å². The van der Waals surface area contributed by atoms with E-state index in [2.05, 4.69) is 10.0 Å². The monoisotopic (exact) mass is 448 g/mol. The lowest BCUT2D eigenvalue weighted by atomic mass is 10.2. The fraction of sp³-hybridized carbons (Fsp3) is 0.150. The first kappa shape index (κ1) is 21.8. The van der Waals surface area contributed by atoms with Gasteiger partial charge < -0.3 is 9.73 Å². The fourth-order valence-corrected chi connectivity index (χ4v) is 4.67. The Hall–Kier alpha value is -2.95. The molecule has 2 N–H and O–H groups in total. The number of carbonyl (C=O) groups is 1. The molecule has 2 aromatic carbocycles. The van der Waals surface area contributed by atoms with E-state index in [0.717, 1.165) is 12.3 Å². The first-order valence-electron chi connectivity index (χ1n) is 8.80. The zero-order valence-electron chi connectivity index (χ0n) is 16.2. The maximum atomic E-state index is 12.7.